The molecule has 2 N–H and O–H groups in total. The molecule has 0 fully saturated rings. The first-order valence-corrected chi connectivity index (χ1v) is 8.06. The van der Waals surface area contributed by atoms with Crippen LogP contribution in [0.1, 0.15) is 17.4 Å². The van der Waals surface area contributed by atoms with Crippen molar-refractivity contribution in [3.8, 4) is 0 Å². The van der Waals surface area contributed by atoms with Gasteiger partial charge in [-0.15, -0.1) is 11.3 Å². The van der Waals surface area contributed by atoms with E-state index in [2.05, 4.69) is 15.6 Å². The van der Waals surface area contributed by atoms with Gasteiger partial charge in [-0.3, -0.25) is 0 Å². The highest BCUT2D eigenvalue weighted by molar-refractivity contribution is 7.09. The van der Waals surface area contributed by atoms with Gasteiger partial charge in [-0.25, -0.2) is 13.8 Å². The Morgan fingerprint density at radius 2 is 1.91 bits per heavy atom. The third kappa shape index (κ3) is 4.80. The summed E-state index contributed by atoms with van der Waals surface area (Å²) in [4.78, 5) is 5.61. The number of hydrogen-bond acceptors (Lipinski definition) is 2. The second-order valence-corrected chi connectivity index (χ2v) is 5.68. The van der Waals surface area contributed by atoms with E-state index < -0.39 is 11.6 Å². The van der Waals surface area contributed by atoms with Gasteiger partial charge in [0.1, 0.15) is 11.6 Å². The lowest BCUT2D eigenvalue weighted by molar-refractivity contribution is 0.553. The maximum atomic E-state index is 13.5. The third-order valence-electron chi connectivity index (χ3n) is 3.05. The Labute approximate surface area is 133 Å². The van der Waals surface area contributed by atoms with Crippen LogP contribution in [-0.4, -0.2) is 19.0 Å². The summed E-state index contributed by atoms with van der Waals surface area (Å²) in [6, 6.07) is 7.92. The Hall–Kier alpha value is -1.95. The van der Waals surface area contributed by atoms with Crippen LogP contribution >= 0.6 is 11.3 Å². The molecular formula is C16H19F2N3S. The van der Waals surface area contributed by atoms with Crippen LogP contribution in [0, 0.1) is 11.6 Å². The molecule has 3 nitrogen and oxygen atoms in total. The highest BCUT2D eigenvalue weighted by atomic mass is 32.1. The Balaban J connectivity index is 1.90. The summed E-state index contributed by atoms with van der Waals surface area (Å²) in [7, 11) is 0. The van der Waals surface area contributed by atoms with E-state index in [1.54, 1.807) is 11.3 Å². The molecule has 0 spiro atoms. The molecule has 0 bridgehead atoms. The van der Waals surface area contributed by atoms with E-state index >= 15 is 0 Å². The maximum Gasteiger partial charge on any atom is 0.191 e. The highest BCUT2D eigenvalue weighted by Gasteiger charge is 2.08. The lowest BCUT2D eigenvalue weighted by Gasteiger charge is -2.11. The average molecular weight is 323 g/mol. The molecule has 1 aromatic heterocycles. The van der Waals surface area contributed by atoms with Crippen LogP contribution in [0.15, 0.2) is 40.7 Å². The molecule has 2 rings (SSSR count). The van der Waals surface area contributed by atoms with Crippen LogP contribution in [0.5, 0.6) is 0 Å². The van der Waals surface area contributed by atoms with Crippen LogP contribution in [0.25, 0.3) is 0 Å². The number of hydrogen-bond donors (Lipinski definition) is 2. The Bertz CT molecular complexity index is 592. The largest absolute Gasteiger partial charge is 0.357 e. The van der Waals surface area contributed by atoms with Crippen LogP contribution < -0.4 is 10.6 Å². The van der Waals surface area contributed by atoms with Crippen molar-refractivity contribution in [3.63, 3.8) is 0 Å². The van der Waals surface area contributed by atoms with Crippen LogP contribution in [0.4, 0.5) is 8.78 Å². The quantitative estimate of drug-likeness (QED) is 0.632. The first-order chi connectivity index (χ1) is 10.7. The minimum absolute atomic E-state index is 0.101. The van der Waals surface area contributed by atoms with Crippen molar-refractivity contribution in [2.45, 2.75) is 19.9 Å². The van der Waals surface area contributed by atoms with Crippen molar-refractivity contribution in [2.75, 3.05) is 13.1 Å². The predicted molar refractivity (Wildman–Crippen MR) is 87.2 cm³/mol. The van der Waals surface area contributed by atoms with Gasteiger partial charge in [-0.2, -0.15) is 0 Å². The normalized spacial score (nSPS) is 11.5. The minimum Gasteiger partial charge on any atom is -0.357 e. The van der Waals surface area contributed by atoms with Crippen LogP contribution in [-0.2, 0) is 13.0 Å². The van der Waals surface area contributed by atoms with Crippen molar-refractivity contribution < 1.29 is 8.78 Å². The van der Waals surface area contributed by atoms with Gasteiger partial charge in [0.2, 0.25) is 0 Å². The van der Waals surface area contributed by atoms with Crippen molar-refractivity contribution in [2.24, 2.45) is 4.99 Å². The van der Waals surface area contributed by atoms with Crippen molar-refractivity contribution in [1.29, 1.82) is 0 Å². The molecule has 6 heteroatoms. The first kappa shape index (κ1) is 16.4. The molecule has 0 atom stereocenters. The van der Waals surface area contributed by atoms with Gasteiger partial charge >= 0.3 is 0 Å². The molecule has 0 radical (unpaired) electrons. The lowest BCUT2D eigenvalue weighted by Crippen LogP contribution is -2.38. The number of nitrogens with zero attached hydrogens (tertiary/aromatic N) is 1. The van der Waals surface area contributed by atoms with E-state index in [1.165, 1.54) is 18.2 Å². The first-order valence-electron chi connectivity index (χ1n) is 7.18. The smallest absolute Gasteiger partial charge is 0.191 e. The molecule has 22 heavy (non-hydrogen) atoms. The standard InChI is InChI=1S/C16H19F2N3S/c1-2-19-16(21-11-12-5-4-10-22-12)20-9-8-13-14(17)6-3-7-15(13)18/h3-7,10H,2,8-9,11H2,1H3,(H2,19,20,21). The number of benzene rings is 1. The minimum atomic E-state index is -0.512. The van der Waals surface area contributed by atoms with Gasteiger partial charge < -0.3 is 10.6 Å². The van der Waals surface area contributed by atoms with Gasteiger partial charge in [-0.1, -0.05) is 12.1 Å². The molecule has 1 heterocycles. The monoisotopic (exact) mass is 323 g/mol. The molecular weight excluding hydrogens is 304 g/mol. The van der Waals surface area contributed by atoms with Gasteiger partial charge in [0, 0.05) is 23.5 Å². The van der Waals surface area contributed by atoms with Gasteiger partial charge in [0.15, 0.2) is 5.96 Å². The molecule has 0 aliphatic carbocycles. The van der Waals surface area contributed by atoms with Crippen molar-refractivity contribution in [3.05, 3.63) is 57.8 Å². The molecule has 0 unspecified atom stereocenters. The molecule has 1 aromatic carbocycles. The molecule has 0 aliphatic heterocycles. The molecule has 118 valence electrons. The summed E-state index contributed by atoms with van der Waals surface area (Å²) < 4.78 is 27.1. The Morgan fingerprint density at radius 1 is 1.14 bits per heavy atom. The summed E-state index contributed by atoms with van der Waals surface area (Å²) in [6.07, 6.45) is 0.266. The van der Waals surface area contributed by atoms with E-state index in [9.17, 15) is 8.78 Å². The molecule has 0 saturated heterocycles. The summed E-state index contributed by atoms with van der Waals surface area (Å²) in [6.45, 7) is 3.69. The maximum absolute atomic E-state index is 13.5. The topological polar surface area (TPSA) is 36.4 Å². The fourth-order valence-electron chi connectivity index (χ4n) is 1.98. The molecule has 0 saturated carbocycles. The van der Waals surface area contributed by atoms with Crippen LogP contribution in [0.2, 0.25) is 0 Å². The fourth-order valence-corrected chi connectivity index (χ4v) is 2.61. The van der Waals surface area contributed by atoms with E-state index in [0.29, 0.717) is 19.0 Å². The van der Waals surface area contributed by atoms with E-state index in [-0.39, 0.29) is 12.0 Å². The summed E-state index contributed by atoms with van der Waals surface area (Å²) >= 11 is 1.65. The zero-order valence-corrected chi connectivity index (χ0v) is 13.2. The Morgan fingerprint density at radius 3 is 2.55 bits per heavy atom. The number of guanidine groups is 1. The number of aliphatic imine (C=N–C) groups is 1. The SMILES string of the molecule is CCNC(=NCc1cccs1)NCCc1c(F)cccc1F. The highest BCUT2D eigenvalue weighted by Crippen LogP contribution is 2.12. The van der Waals surface area contributed by atoms with Crippen LogP contribution in [0.3, 0.4) is 0 Å². The number of nitrogens with one attached hydrogen (secondary N) is 2. The van der Waals surface area contributed by atoms with E-state index in [0.717, 1.165) is 11.4 Å². The molecule has 2 aromatic rings. The van der Waals surface area contributed by atoms with Crippen molar-refractivity contribution >= 4 is 17.3 Å². The fraction of sp³-hybridized carbons (Fsp3) is 0.312. The second kappa shape index (κ2) is 8.48. The predicted octanol–water partition coefficient (Wildman–Crippen LogP) is 3.32. The van der Waals surface area contributed by atoms with Crippen molar-refractivity contribution in [1.82, 2.24) is 10.6 Å². The van der Waals surface area contributed by atoms with Gasteiger partial charge in [0.25, 0.3) is 0 Å². The zero-order chi connectivity index (χ0) is 15.8. The zero-order valence-electron chi connectivity index (χ0n) is 12.4. The van der Waals surface area contributed by atoms with E-state index in [4.69, 9.17) is 0 Å². The van der Waals surface area contributed by atoms with Gasteiger partial charge in [0.05, 0.1) is 6.54 Å². The lowest BCUT2D eigenvalue weighted by atomic mass is 10.1. The summed E-state index contributed by atoms with van der Waals surface area (Å²) in [5.41, 5.74) is 0.101. The number of halogens is 2. The molecule has 0 amide bonds. The third-order valence-corrected chi connectivity index (χ3v) is 3.91. The van der Waals surface area contributed by atoms with E-state index in [1.807, 2.05) is 24.4 Å². The van der Waals surface area contributed by atoms with Gasteiger partial charge in [-0.05, 0) is 36.9 Å². The average Bonchev–Trinajstić information content (AvgIpc) is 3.01. The summed E-state index contributed by atoms with van der Waals surface area (Å²) in [5.74, 6) is -0.378. The number of thiophene rings is 1. The second-order valence-electron chi connectivity index (χ2n) is 4.65. The number of rotatable bonds is 6. The Kier molecular flexibility index (Phi) is 6.33. The summed E-state index contributed by atoms with van der Waals surface area (Å²) in [5, 5.41) is 8.22. The molecule has 0 aliphatic rings.